The summed E-state index contributed by atoms with van der Waals surface area (Å²) in [7, 11) is 4.06. The van der Waals surface area contributed by atoms with Crippen LogP contribution in [0.4, 0.5) is 21.5 Å². The van der Waals surface area contributed by atoms with Crippen LogP contribution < -0.4 is 10.6 Å². The molecule has 0 aliphatic rings. The third kappa shape index (κ3) is 3.95. The summed E-state index contributed by atoms with van der Waals surface area (Å²) in [6, 6.07) is 14.4. The lowest BCUT2D eigenvalue weighted by molar-refractivity contribution is 0.402. The Labute approximate surface area is 125 Å². The van der Waals surface area contributed by atoms with Gasteiger partial charge in [-0.1, -0.05) is 24.3 Å². The quantitative estimate of drug-likeness (QED) is 0.825. The minimum absolute atomic E-state index is 0.231. The molecule has 0 amide bonds. The molecule has 0 aromatic heterocycles. The summed E-state index contributed by atoms with van der Waals surface area (Å²) in [6.45, 7) is 1.66. The number of halogens is 1. The van der Waals surface area contributed by atoms with Gasteiger partial charge in [0.2, 0.25) is 0 Å². The van der Waals surface area contributed by atoms with Crippen molar-refractivity contribution in [2.45, 2.75) is 6.42 Å². The van der Waals surface area contributed by atoms with Crippen molar-refractivity contribution in [1.82, 2.24) is 4.90 Å². The van der Waals surface area contributed by atoms with Gasteiger partial charge in [0.15, 0.2) is 0 Å². The van der Waals surface area contributed by atoms with Gasteiger partial charge in [-0.3, -0.25) is 0 Å². The number of nitrogens with zero attached hydrogens (tertiary/aromatic N) is 2. The smallest absolute Gasteiger partial charge is 0.146 e. The molecule has 3 nitrogen and oxygen atoms in total. The Bertz CT molecular complexity index is 538. The van der Waals surface area contributed by atoms with E-state index in [0.717, 1.165) is 18.7 Å². The first-order valence-electron chi connectivity index (χ1n) is 7.11. The van der Waals surface area contributed by atoms with E-state index in [9.17, 15) is 4.39 Å². The van der Waals surface area contributed by atoms with Crippen LogP contribution >= 0.6 is 0 Å². The molecule has 0 spiro atoms. The predicted octanol–water partition coefficient (Wildman–Crippen LogP) is 3.50. The van der Waals surface area contributed by atoms with Gasteiger partial charge in [-0.05, 0) is 51.3 Å². The van der Waals surface area contributed by atoms with E-state index in [2.05, 4.69) is 4.90 Å². The van der Waals surface area contributed by atoms with Crippen LogP contribution in [-0.4, -0.2) is 32.1 Å². The van der Waals surface area contributed by atoms with Gasteiger partial charge in [-0.25, -0.2) is 4.39 Å². The largest absolute Gasteiger partial charge is 0.397 e. The van der Waals surface area contributed by atoms with Gasteiger partial charge in [-0.2, -0.15) is 0 Å². The fourth-order valence-electron chi connectivity index (χ4n) is 2.32. The standard InChI is InChI=1S/C17H22FN3/c1-20(2)12-7-13-21(16-10-5-3-8-14(16)18)17-11-6-4-9-15(17)19/h3-6,8-11H,7,12-13,19H2,1-2H3. The summed E-state index contributed by atoms with van der Waals surface area (Å²) in [5, 5.41) is 0. The van der Waals surface area contributed by atoms with Crippen molar-refractivity contribution >= 4 is 17.1 Å². The Hall–Kier alpha value is -2.07. The van der Waals surface area contributed by atoms with Crippen molar-refractivity contribution in [1.29, 1.82) is 0 Å². The molecule has 0 heterocycles. The highest BCUT2D eigenvalue weighted by Crippen LogP contribution is 2.31. The van der Waals surface area contributed by atoms with E-state index in [1.807, 2.05) is 49.3 Å². The molecule has 0 atom stereocenters. The SMILES string of the molecule is CN(C)CCCN(c1ccccc1N)c1ccccc1F. The van der Waals surface area contributed by atoms with Crippen LogP contribution in [0.15, 0.2) is 48.5 Å². The van der Waals surface area contributed by atoms with Gasteiger partial charge < -0.3 is 15.5 Å². The molecule has 2 aromatic rings. The normalized spacial score (nSPS) is 10.9. The van der Waals surface area contributed by atoms with Crippen LogP contribution in [0.3, 0.4) is 0 Å². The summed E-state index contributed by atoms with van der Waals surface area (Å²) in [5.74, 6) is -0.231. The average molecular weight is 287 g/mol. The maximum atomic E-state index is 14.2. The Morgan fingerprint density at radius 3 is 2.14 bits per heavy atom. The summed E-state index contributed by atoms with van der Waals surface area (Å²) < 4.78 is 14.2. The lowest BCUT2D eigenvalue weighted by atomic mass is 10.2. The molecule has 0 fully saturated rings. The van der Waals surface area contributed by atoms with Crippen molar-refractivity contribution in [2.24, 2.45) is 0 Å². The Balaban J connectivity index is 2.31. The van der Waals surface area contributed by atoms with Gasteiger partial charge in [-0.15, -0.1) is 0 Å². The zero-order chi connectivity index (χ0) is 15.2. The van der Waals surface area contributed by atoms with Crippen LogP contribution in [0.25, 0.3) is 0 Å². The molecule has 0 saturated heterocycles. The number of anilines is 3. The van der Waals surface area contributed by atoms with E-state index >= 15 is 0 Å². The molecule has 2 rings (SSSR count). The first kappa shape index (κ1) is 15.3. The fourth-order valence-corrected chi connectivity index (χ4v) is 2.32. The van der Waals surface area contributed by atoms with Gasteiger partial charge in [0, 0.05) is 6.54 Å². The molecule has 0 radical (unpaired) electrons. The third-order valence-corrected chi connectivity index (χ3v) is 3.36. The number of hydrogen-bond acceptors (Lipinski definition) is 3. The van der Waals surface area contributed by atoms with Crippen molar-refractivity contribution < 1.29 is 4.39 Å². The molecule has 0 bridgehead atoms. The fraction of sp³-hybridized carbons (Fsp3) is 0.294. The molecular formula is C17H22FN3. The molecule has 0 saturated carbocycles. The van der Waals surface area contributed by atoms with Crippen molar-refractivity contribution in [3.05, 3.63) is 54.3 Å². The molecular weight excluding hydrogens is 265 g/mol. The maximum Gasteiger partial charge on any atom is 0.146 e. The summed E-state index contributed by atoms with van der Waals surface area (Å²) in [5.41, 5.74) is 8.14. The third-order valence-electron chi connectivity index (χ3n) is 3.36. The van der Waals surface area contributed by atoms with Crippen molar-refractivity contribution in [3.63, 3.8) is 0 Å². The molecule has 4 heteroatoms. The summed E-state index contributed by atoms with van der Waals surface area (Å²) in [6.07, 6.45) is 0.926. The molecule has 21 heavy (non-hydrogen) atoms. The first-order valence-corrected chi connectivity index (χ1v) is 7.11. The highest BCUT2D eigenvalue weighted by Gasteiger charge is 2.15. The van der Waals surface area contributed by atoms with Gasteiger partial charge in [0.25, 0.3) is 0 Å². The predicted molar refractivity (Wildman–Crippen MR) is 87.4 cm³/mol. The van der Waals surface area contributed by atoms with Crippen LogP contribution in [0.2, 0.25) is 0 Å². The molecule has 2 aromatic carbocycles. The highest BCUT2D eigenvalue weighted by molar-refractivity contribution is 5.74. The number of nitrogens with two attached hydrogens (primary N) is 1. The monoisotopic (exact) mass is 287 g/mol. The minimum Gasteiger partial charge on any atom is -0.397 e. The first-order chi connectivity index (χ1) is 10.1. The second kappa shape index (κ2) is 7.09. The zero-order valence-electron chi connectivity index (χ0n) is 12.6. The topological polar surface area (TPSA) is 32.5 Å². The van der Waals surface area contributed by atoms with Crippen LogP contribution in [0.1, 0.15) is 6.42 Å². The number of hydrogen-bond donors (Lipinski definition) is 1. The lowest BCUT2D eigenvalue weighted by Gasteiger charge is -2.27. The summed E-state index contributed by atoms with van der Waals surface area (Å²) in [4.78, 5) is 4.07. The number of benzene rings is 2. The van der Waals surface area contributed by atoms with Crippen molar-refractivity contribution in [2.75, 3.05) is 37.8 Å². The average Bonchev–Trinajstić information content (AvgIpc) is 2.45. The molecule has 0 unspecified atom stereocenters. The van der Waals surface area contributed by atoms with Crippen LogP contribution in [-0.2, 0) is 0 Å². The van der Waals surface area contributed by atoms with Crippen LogP contribution in [0, 0.1) is 5.82 Å². The van der Waals surface area contributed by atoms with E-state index in [1.165, 1.54) is 6.07 Å². The van der Waals surface area contributed by atoms with Crippen LogP contribution in [0.5, 0.6) is 0 Å². The van der Waals surface area contributed by atoms with E-state index in [-0.39, 0.29) is 5.82 Å². The van der Waals surface area contributed by atoms with E-state index in [1.54, 1.807) is 12.1 Å². The van der Waals surface area contributed by atoms with Gasteiger partial charge >= 0.3 is 0 Å². The van der Waals surface area contributed by atoms with Gasteiger partial charge in [0.1, 0.15) is 5.82 Å². The Morgan fingerprint density at radius 1 is 0.905 bits per heavy atom. The second-order valence-corrected chi connectivity index (χ2v) is 5.32. The van der Waals surface area contributed by atoms with E-state index in [0.29, 0.717) is 17.9 Å². The molecule has 0 aliphatic heterocycles. The van der Waals surface area contributed by atoms with E-state index < -0.39 is 0 Å². The van der Waals surface area contributed by atoms with E-state index in [4.69, 9.17) is 5.73 Å². The maximum absolute atomic E-state index is 14.2. The highest BCUT2D eigenvalue weighted by atomic mass is 19.1. The minimum atomic E-state index is -0.231. The Kier molecular flexibility index (Phi) is 5.17. The number of para-hydroxylation sites is 3. The van der Waals surface area contributed by atoms with Gasteiger partial charge in [0.05, 0.1) is 17.1 Å². The molecule has 0 aliphatic carbocycles. The Morgan fingerprint density at radius 2 is 1.52 bits per heavy atom. The molecule has 2 N–H and O–H groups in total. The zero-order valence-corrected chi connectivity index (χ0v) is 12.6. The number of nitrogen functional groups attached to an aromatic ring is 1. The lowest BCUT2D eigenvalue weighted by Crippen LogP contribution is -2.24. The number of rotatable bonds is 6. The summed E-state index contributed by atoms with van der Waals surface area (Å²) >= 11 is 0. The van der Waals surface area contributed by atoms with Crippen molar-refractivity contribution in [3.8, 4) is 0 Å². The molecule has 112 valence electrons. The second-order valence-electron chi connectivity index (χ2n) is 5.32.